The van der Waals surface area contributed by atoms with E-state index in [2.05, 4.69) is 15.9 Å². The topological polar surface area (TPSA) is 17.1 Å². The molecule has 0 unspecified atom stereocenters. The minimum absolute atomic E-state index is 0.0271. The Hall–Kier alpha value is -0.840. The van der Waals surface area contributed by atoms with Crippen LogP contribution in [0.3, 0.4) is 0 Å². The molecule has 0 N–H and O–H groups in total. The first-order valence-electron chi connectivity index (χ1n) is 5.86. The number of ketones is 1. The van der Waals surface area contributed by atoms with Crippen LogP contribution in [-0.2, 0) is 0 Å². The molecular formula is C15H11BrClFOS. The third kappa shape index (κ3) is 3.43. The molecule has 1 nitrogen and oxygen atoms in total. The molecule has 5 heteroatoms. The highest BCUT2D eigenvalue weighted by Crippen LogP contribution is 2.29. The van der Waals surface area contributed by atoms with E-state index in [1.165, 1.54) is 17.8 Å². The molecular weight excluding hydrogens is 363 g/mol. The number of thioether (sulfide) groups is 1. The summed E-state index contributed by atoms with van der Waals surface area (Å²) in [6, 6.07) is 10.8. The molecule has 0 fully saturated rings. The zero-order valence-electron chi connectivity index (χ0n) is 10.6. The fraction of sp³-hybridized carbons (Fsp3) is 0.133. The Morgan fingerprint density at radius 1 is 1.30 bits per heavy atom. The van der Waals surface area contributed by atoms with Crippen LogP contribution >= 0.6 is 39.3 Å². The van der Waals surface area contributed by atoms with Crippen molar-refractivity contribution in [1.82, 2.24) is 0 Å². The lowest BCUT2D eigenvalue weighted by Gasteiger charge is -2.07. The molecule has 0 radical (unpaired) electrons. The van der Waals surface area contributed by atoms with E-state index < -0.39 is 5.82 Å². The number of carbonyl (C=O) groups is 1. The van der Waals surface area contributed by atoms with Gasteiger partial charge in [0.1, 0.15) is 0 Å². The molecule has 0 atom stereocenters. The summed E-state index contributed by atoms with van der Waals surface area (Å²) in [6.07, 6.45) is 0. The van der Waals surface area contributed by atoms with Gasteiger partial charge in [-0.1, -0.05) is 29.8 Å². The number of carbonyl (C=O) groups excluding carboxylic acids is 1. The van der Waals surface area contributed by atoms with Gasteiger partial charge in [-0.05, 0) is 46.6 Å². The molecule has 0 aliphatic carbocycles. The second kappa shape index (κ2) is 6.74. The zero-order chi connectivity index (χ0) is 14.7. The average molecular weight is 374 g/mol. The van der Waals surface area contributed by atoms with Gasteiger partial charge in [-0.15, -0.1) is 11.8 Å². The third-order valence-corrected chi connectivity index (χ3v) is 5.22. The summed E-state index contributed by atoms with van der Waals surface area (Å²) >= 11 is 10.3. The van der Waals surface area contributed by atoms with Crippen molar-refractivity contribution in [2.45, 2.75) is 11.8 Å². The molecule has 0 aliphatic rings. The van der Waals surface area contributed by atoms with Crippen LogP contribution in [0.2, 0.25) is 5.02 Å². The Balaban J connectivity index is 2.14. The number of hydrogen-bond acceptors (Lipinski definition) is 2. The smallest absolute Gasteiger partial charge is 0.176 e. The Morgan fingerprint density at radius 2 is 2.00 bits per heavy atom. The molecule has 0 aliphatic heterocycles. The van der Waals surface area contributed by atoms with E-state index in [1.807, 2.05) is 31.2 Å². The van der Waals surface area contributed by atoms with Crippen molar-refractivity contribution in [3.63, 3.8) is 0 Å². The van der Waals surface area contributed by atoms with E-state index in [0.717, 1.165) is 10.5 Å². The number of halogens is 3. The highest BCUT2D eigenvalue weighted by Gasteiger charge is 2.16. The largest absolute Gasteiger partial charge is 0.293 e. The molecule has 2 aromatic carbocycles. The van der Waals surface area contributed by atoms with E-state index >= 15 is 0 Å². The second-order valence-electron chi connectivity index (χ2n) is 4.20. The van der Waals surface area contributed by atoms with Gasteiger partial charge in [0.05, 0.1) is 16.3 Å². The predicted molar refractivity (Wildman–Crippen MR) is 85.3 cm³/mol. The van der Waals surface area contributed by atoms with E-state index in [9.17, 15) is 9.18 Å². The molecule has 2 rings (SSSR count). The van der Waals surface area contributed by atoms with Crippen molar-refractivity contribution in [3.05, 3.63) is 62.8 Å². The molecule has 2 aromatic rings. The molecule has 0 spiro atoms. The lowest BCUT2D eigenvalue weighted by Crippen LogP contribution is -2.06. The minimum atomic E-state index is -0.670. The fourth-order valence-corrected chi connectivity index (χ4v) is 3.06. The summed E-state index contributed by atoms with van der Waals surface area (Å²) < 4.78 is 14.4. The van der Waals surface area contributed by atoms with Crippen LogP contribution < -0.4 is 0 Å². The number of Topliss-reactive ketones (excluding diaryl/α,β-unsaturated/α-hetero) is 1. The number of benzene rings is 2. The molecule has 0 amide bonds. The molecule has 0 aromatic heterocycles. The van der Waals surface area contributed by atoms with Gasteiger partial charge in [0, 0.05) is 9.37 Å². The van der Waals surface area contributed by atoms with Gasteiger partial charge < -0.3 is 0 Å². The lowest BCUT2D eigenvalue weighted by atomic mass is 10.1. The van der Waals surface area contributed by atoms with Crippen molar-refractivity contribution in [2.24, 2.45) is 0 Å². The van der Waals surface area contributed by atoms with Gasteiger partial charge in [-0.3, -0.25) is 4.79 Å². The van der Waals surface area contributed by atoms with Crippen molar-refractivity contribution in [2.75, 3.05) is 5.75 Å². The van der Waals surface area contributed by atoms with Crippen LogP contribution in [-0.4, -0.2) is 11.5 Å². The Bertz CT molecular complexity index is 660. The zero-order valence-corrected chi connectivity index (χ0v) is 13.8. The molecule has 104 valence electrons. The Morgan fingerprint density at radius 3 is 2.70 bits per heavy atom. The summed E-state index contributed by atoms with van der Waals surface area (Å²) in [5.41, 5.74) is 1.12. The lowest BCUT2D eigenvalue weighted by molar-refractivity contribution is 0.101. The van der Waals surface area contributed by atoms with Crippen LogP contribution in [0.25, 0.3) is 0 Å². The normalized spacial score (nSPS) is 10.6. The second-order valence-corrected chi connectivity index (χ2v) is 6.45. The maximum atomic E-state index is 13.9. The van der Waals surface area contributed by atoms with Gasteiger partial charge in [0.15, 0.2) is 11.6 Å². The fourth-order valence-electron chi connectivity index (χ4n) is 1.68. The van der Waals surface area contributed by atoms with Gasteiger partial charge in [0.2, 0.25) is 0 Å². The number of hydrogen-bond donors (Lipinski definition) is 0. The summed E-state index contributed by atoms with van der Waals surface area (Å²) in [5.74, 6) is -0.763. The van der Waals surface area contributed by atoms with Crippen LogP contribution in [0.5, 0.6) is 0 Å². The van der Waals surface area contributed by atoms with Crippen LogP contribution in [0.4, 0.5) is 4.39 Å². The SMILES string of the molecule is Cc1ccccc1SCC(=O)c1ccc(Br)c(Cl)c1F. The summed E-state index contributed by atoms with van der Waals surface area (Å²) in [5, 5.41) is -0.0586. The maximum absolute atomic E-state index is 13.9. The average Bonchev–Trinajstić information content (AvgIpc) is 2.44. The van der Waals surface area contributed by atoms with Crippen LogP contribution in [0, 0.1) is 12.7 Å². The maximum Gasteiger partial charge on any atom is 0.176 e. The Labute approximate surface area is 134 Å². The monoisotopic (exact) mass is 372 g/mol. The first-order valence-corrected chi connectivity index (χ1v) is 8.01. The summed E-state index contributed by atoms with van der Waals surface area (Å²) in [7, 11) is 0. The standard InChI is InChI=1S/C15H11BrClFOS/c1-9-4-2-3-5-13(9)20-8-12(19)10-6-7-11(16)14(17)15(10)18/h2-7H,8H2,1H3. The molecule has 0 saturated carbocycles. The van der Waals surface area contributed by atoms with Crippen molar-refractivity contribution < 1.29 is 9.18 Å². The molecule has 20 heavy (non-hydrogen) atoms. The highest BCUT2D eigenvalue weighted by atomic mass is 79.9. The van der Waals surface area contributed by atoms with E-state index in [4.69, 9.17) is 11.6 Å². The third-order valence-electron chi connectivity index (χ3n) is 2.79. The van der Waals surface area contributed by atoms with Gasteiger partial charge in [0.25, 0.3) is 0 Å². The Kier molecular flexibility index (Phi) is 5.24. The summed E-state index contributed by atoms with van der Waals surface area (Å²) in [4.78, 5) is 13.1. The van der Waals surface area contributed by atoms with Crippen molar-refractivity contribution in [1.29, 1.82) is 0 Å². The molecule has 0 saturated heterocycles. The molecule has 0 heterocycles. The molecule has 0 bridgehead atoms. The van der Waals surface area contributed by atoms with Crippen molar-refractivity contribution >= 4 is 45.1 Å². The predicted octanol–water partition coefficient (Wildman–Crippen LogP) is 5.53. The highest BCUT2D eigenvalue weighted by molar-refractivity contribution is 9.10. The van der Waals surface area contributed by atoms with Gasteiger partial charge >= 0.3 is 0 Å². The van der Waals surface area contributed by atoms with Crippen LogP contribution in [0.15, 0.2) is 45.8 Å². The van der Waals surface area contributed by atoms with Gasteiger partial charge in [-0.2, -0.15) is 0 Å². The first kappa shape index (κ1) is 15.5. The summed E-state index contributed by atoms with van der Waals surface area (Å²) in [6.45, 7) is 1.98. The quantitative estimate of drug-likeness (QED) is 0.398. The number of rotatable bonds is 4. The van der Waals surface area contributed by atoms with Crippen molar-refractivity contribution in [3.8, 4) is 0 Å². The van der Waals surface area contributed by atoms with Gasteiger partial charge in [-0.25, -0.2) is 4.39 Å². The van der Waals surface area contributed by atoms with E-state index in [1.54, 1.807) is 6.07 Å². The van der Waals surface area contributed by atoms with E-state index in [-0.39, 0.29) is 22.1 Å². The van der Waals surface area contributed by atoms with Crippen LogP contribution in [0.1, 0.15) is 15.9 Å². The minimum Gasteiger partial charge on any atom is -0.293 e. The van der Waals surface area contributed by atoms with E-state index in [0.29, 0.717) is 4.47 Å². The first-order chi connectivity index (χ1) is 9.50. The number of aryl methyl sites for hydroxylation is 1.